The molecule has 204 valence electrons. The smallest absolute Gasteiger partial charge is 0.242 e. The molecule has 12 heteroatoms. The second kappa shape index (κ2) is 8.53. The van der Waals surface area contributed by atoms with Gasteiger partial charge in [-0.05, 0) is 36.6 Å². The van der Waals surface area contributed by atoms with Crippen LogP contribution in [0.4, 0.5) is 16.2 Å². The van der Waals surface area contributed by atoms with Crippen LogP contribution in [0.1, 0.15) is 24.2 Å². The van der Waals surface area contributed by atoms with Gasteiger partial charge < -0.3 is 19.4 Å². The molecule has 7 rings (SSSR count). The third kappa shape index (κ3) is 3.77. The first-order chi connectivity index (χ1) is 18.7. The molecule has 0 N–H and O–H groups in total. The number of aromatic nitrogens is 4. The van der Waals surface area contributed by atoms with E-state index in [0.29, 0.717) is 18.1 Å². The fraction of sp³-hybridized carbons (Fsp3) is 0.481. The number of hydrogen-bond donors (Lipinski definition) is 0. The molecule has 0 radical (unpaired) electrons. The minimum atomic E-state index is -0.502. The Hall–Kier alpha value is -3.44. The summed E-state index contributed by atoms with van der Waals surface area (Å²) >= 11 is 6.43. The number of rotatable bonds is 5. The Morgan fingerprint density at radius 1 is 1.08 bits per heavy atom. The normalized spacial score (nSPS) is 20.4. The Labute approximate surface area is 230 Å². The number of nitrogens with zero attached hydrogens (tertiary/aromatic N) is 8. The van der Waals surface area contributed by atoms with Gasteiger partial charge in [0.2, 0.25) is 11.9 Å². The lowest BCUT2D eigenvalue weighted by molar-refractivity contribution is -0.136. The molecule has 10 nitrogen and oxygen atoms in total. The Kier molecular flexibility index (Phi) is 5.38. The molecule has 1 aliphatic carbocycles. The zero-order valence-corrected chi connectivity index (χ0v) is 22.9. The number of hydrogen-bond acceptors (Lipinski definition) is 8. The van der Waals surface area contributed by atoms with Gasteiger partial charge in [0.15, 0.2) is 17.4 Å². The summed E-state index contributed by atoms with van der Waals surface area (Å²) in [5.41, 5.74) is 1.69. The third-order valence-electron chi connectivity index (χ3n) is 8.56. The van der Waals surface area contributed by atoms with Crippen molar-refractivity contribution < 1.29 is 13.9 Å². The van der Waals surface area contributed by atoms with Gasteiger partial charge in [0, 0.05) is 63.3 Å². The van der Waals surface area contributed by atoms with Crippen molar-refractivity contribution in [2.75, 3.05) is 57.2 Å². The summed E-state index contributed by atoms with van der Waals surface area (Å²) in [6, 6.07) is 7.56. The number of fused-ring (bicyclic) bond motifs is 3. The summed E-state index contributed by atoms with van der Waals surface area (Å²) in [6.07, 6.45) is 2.88. The number of carbonyl (C=O) groups is 1. The van der Waals surface area contributed by atoms with Crippen molar-refractivity contribution in [1.82, 2.24) is 29.5 Å². The second-order valence-electron chi connectivity index (χ2n) is 11.5. The van der Waals surface area contributed by atoms with Crippen molar-refractivity contribution in [3.63, 3.8) is 0 Å². The molecule has 1 amide bonds. The van der Waals surface area contributed by atoms with Gasteiger partial charge in [-0.3, -0.25) is 14.3 Å². The molecule has 3 aliphatic heterocycles. The predicted molar refractivity (Wildman–Crippen MR) is 144 cm³/mol. The Bertz CT molecular complexity index is 1470. The first-order valence-electron chi connectivity index (χ1n) is 13.1. The van der Waals surface area contributed by atoms with E-state index in [1.165, 1.54) is 13.3 Å². The topological polar surface area (TPSA) is 82.9 Å². The van der Waals surface area contributed by atoms with Crippen molar-refractivity contribution in [2.45, 2.75) is 31.5 Å². The maximum atomic E-state index is 13.8. The van der Waals surface area contributed by atoms with Gasteiger partial charge in [-0.15, -0.1) is 10.2 Å². The molecule has 0 bridgehead atoms. The lowest BCUT2D eigenvalue weighted by Crippen LogP contribution is -2.73. The van der Waals surface area contributed by atoms with Crippen LogP contribution in [0.5, 0.6) is 5.75 Å². The van der Waals surface area contributed by atoms with Crippen molar-refractivity contribution in [3.8, 4) is 11.4 Å². The summed E-state index contributed by atoms with van der Waals surface area (Å²) in [6.45, 7) is 4.50. The fourth-order valence-electron chi connectivity index (χ4n) is 6.46. The number of benzene rings is 1. The van der Waals surface area contributed by atoms with Crippen LogP contribution in [-0.4, -0.2) is 88.4 Å². The fourth-order valence-corrected chi connectivity index (χ4v) is 6.66. The largest absolute Gasteiger partial charge is 0.493 e. The molecule has 1 spiro atoms. The number of halogens is 2. The van der Waals surface area contributed by atoms with Crippen LogP contribution in [-0.2, 0) is 17.9 Å². The maximum absolute atomic E-state index is 13.8. The number of anilines is 2. The molecule has 3 aromatic rings. The quantitative estimate of drug-likeness (QED) is 0.478. The van der Waals surface area contributed by atoms with E-state index in [2.05, 4.69) is 34.4 Å². The van der Waals surface area contributed by atoms with Crippen LogP contribution in [0.25, 0.3) is 5.69 Å². The summed E-state index contributed by atoms with van der Waals surface area (Å²) < 4.78 is 21.1. The molecule has 0 atom stereocenters. The molecular weight excluding hydrogens is 523 g/mol. The van der Waals surface area contributed by atoms with Crippen LogP contribution >= 0.6 is 11.6 Å². The molecular formula is C27H30ClFN8O2. The van der Waals surface area contributed by atoms with Gasteiger partial charge in [-0.1, -0.05) is 11.6 Å². The lowest BCUT2D eigenvalue weighted by atomic mass is 9.73. The first kappa shape index (κ1) is 24.6. The van der Waals surface area contributed by atoms with Crippen molar-refractivity contribution in [1.29, 1.82) is 0 Å². The maximum Gasteiger partial charge on any atom is 0.242 e. The molecule has 1 aromatic carbocycles. The highest BCUT2D eigenvalue weighted by molar-refractivity contribution is 6.30. The van der Waals surface area contributed by atoms with E-state index in [4.69, 9.17) is 16.3 Å². The molecule has 5 heterocycles. The number of amides is 1. The molecule has 4 aliphatic rings. The predicted octanol–water partition coefficient (Wildman–Crippen LogP) is 2.73. The van der Waals surface area contributed by atoms with Crippen molar-refractivity contribution in [3.05, 3.63) is 52.7 Å². The average molecular weight is 553 g/mol. The highest BCUT2D eigenvalue weighted by Crippen LogP contribution is 2.48. The van der Waals surface area contributed by atoms with Crippen LogP contribution < -0.4 is 14.5 Å². The molecule has 1 saturated carbocycles. The Morgan fingerprint density at radius 2 is 1.82 bits per heavy atom. The van der Waals surface area contributed by atoms with E-state index in [-0.39, 0.29) is 17.1 Å². The lowest BCUT2D eigenvalue weighted by Gasteiger charge is -2.60. The monoisotopic (exact) mass is 552 g/mol. The number of pyridine rings is 1. The summed E-state index contributed by atoms with van der Waals surface area (Å²) in [7, 11) is 5.09. The van der Waals surface area contributed by atoms with E-state index < -0.39 is 11.4 Å². The Balaban J connectivity index is 1.14. The van der Waals surface area contributed by atoms with E-state index in [1.54, 1.807) is 11.0 Å². The van der Waals surface area contributed by atoms with Crippen LogP contribution in [0.15, 0.2) is 30.5 Å². The van der Waals surface area contributed by atoms with Crippen LogP contribution in [0, 0.1) is 11.2 Å². The van der Waals surface area contributed by atoms with Gasteiger partial charge in [-0.2, -0.15) is 0 Å². The van der Waals surface area contributed by atoms with E-state index in [9.17, 15) is 9.18 Å². The minimum Gasteiger partial charge on any atom is -0.493 e. The van der Waals surface area contributed by atoms with Crippen LogP contribution in [0.3, 0.4) is 0 Å². The van der Waals surface area contributed by atoms with E-state index in [0.717, 1.165) is 67.9 Å². The molecule has 39 heavy (non-hydrogen) atoms. The number of ether oxygens (including phenoxy) is 1. The number of likely N-dealkylation sites (N-methyl/N-ethyl adjacent to an activating group) is 1. The minimum absolute atomic E-state index is 0.130. The molecule has 0 unspecified atom stereocenters. The van der Waals surface area contributed by atoms with Crippen LogP contribution in [0.2, 0.25) is 5.02 Å². The van der Waals surface area contributed by atoms with Gasteiger partial charge >= 0.3 is 0 Å². The van der Waals surface area contributed by atoms with Crippen molar-refractivity contribution >= 4 is 29.3 Å². The summed E-state index contributed by atoms with van der Waals surface area (Å²) in [5.74, 6) is 2.23. The number of carbonyl (C=O) groups excluding carboxylic acids is 1. The van der Waals surface area contributed by atoms with Crippen molar-refractivity contribution in [2.24, 2.45) is 5.41 Å². The van der Waals surface area contributed by atoms with Gasteiger partial charge in [-0.25, -0.2) is 9.37 Å². The second-order valence-corrected chi connectivity index (χ2v) is 11.9. The highest BCUT2D eigenvalue weighted by atomic mass is 35.5. The van der Waals surface area contributed by atoms with Gasteiger partial charge in [0.05, 0.1) is 25.5 Å². The molecule has 3 fully saturated rings. The molecule has 2 aromatic heterocycles. The van der Waals surface area contributed by atoms with E-state index in [1.807, 2.05) is 32.3 Å². The zero-order chi connectivity index (χ0) is 27.1. The third-order valence-corrected chi connectivity index (χ3v) is 8.79. The highest BCUT2D eigenvalue weighted by Gasteiger charge is 2.57. The van der Waals surface area contributed by atoms with Gasteiger partial charge in [0.1, 0.15) is 11.4 Å². The summed E-state index contributed by atoms with van der Waals surface area (Å²) in [4.78, 5) is 25.7. The average Bonchev–Trinajstić information content (AvgIpc) is 3.61. The van der Waals surface area contributed by atoms with Gasteiger partial charge in [0.25, 0.3) is 0 Å². The number of methoxy groups -OCH3 is 1. The van der Waals surface area contributed by atoms with E-state index >= 15 is 0 Å². The Morgan fingerprint density at radius 3 is 2.51 bits per heavy atom. The zero-order valence-electron chi connectivity index (χ0n) is 22.2. The SMILES string of the molecule is COc1cc(N2CC3(C2)CN(c2nnc4n2-c2ccc(Cl)cc2CN(C2(C(=O)N(C)C)CC2)C4)C3)ncc1F. The standard InChI is InChI=1S/C27H30ClFN8O2/c1-33(2)24(38)27(6-7-27)36-11-17-8-18(28)4-5-20(17)37-23(12-36)31-32-25(37)35-15-26(16-35)13-34(14-26)22-9-21(39-3)19(29)10-30-22/h4-5,8-10H,6-7,11-16H2,1-3H3. The molecule has 2 saturated heterocycles. The summed E-state index contributed by atoms with van der Waals surface area (Å²) in [5, 5.41) is 9.92. The first-order valence-corrected chi connectivity index (χ1v) is 13.5.